The van der Waals surface area contributed by atoms with Gasteiger partial charge in [-0.2, -0.15) is 0 Å². The van der Waals surface area contributed by atoms with Crippen molar-refractivity contribution < 1.29 is 24.2 Å². The van der Waals surface area contributed by atoms with Crippen LogP contribution in [0.25, 0.3) is 0 Å². The van der Waals surface area contributed by atoms with Gasteiger partial charge in [-0.3, -0.25) is 24.5 Å². The molecule has 1 aromatic carbocycles. The van der Waals surface area contributed by atoms with Crippen LogP contribution in [0.15, 0.2) is 40.3 Å². The number of amidine groups is 1. The molecular weight excluding hydrogens is 398 g/mol. The maximum Gasteiger partial charge on any atom is 0.320 e. The lowest BCUT2D eigenvalue weighted by atomic mass is 9.93. The quantitative estimate of drug-likeness (QED) is 0.298. The maximum absolute atomic E-state index is 13.4. The predicted molar refractivity (Wildman–Crippen MR) is 116 cm³/mol. The number of esters is 1. The number of ether oxygens (including phenoxy) is 2. The van der Waals surface area contributed by atoms with Crippen LogP contribution in [0, 0.1) is 11.8 Å². The number of hydrogen-bond acceptors (Lipinski definition) is 7. The Hall–Kier alpha value is -2.90. The Morgan fingerprint density at radius 1 is 1.26 bits per heavy atom. The van der Waals surface area contributed by atoms with Crippen LogP contribution in [0.3, 0.4) is 0 Å². The molecule has 1 heterocycles. The predicted octanol–water partition coefficient (Wildman–Crippen LogP) is 2.16. The summed E-state index contributed by atoms with van der Waals surface area (Å²) < 4.78 is 10.2. The normalized spacial score (nSPS) is 21.0. The second-order valence-electron chi connectivity index (χ2n) is 8.94. The van der Waals surface area contributed by atoms with Gasteiger partial charge in [0.1, 0.15) is 18.0 Å². The van der Waals surface area contributed by atoms with E-state index in [1.807, 2.05) is 44.2 Å². The summed E-state index contributed by atoms with van der Waals surface area (Å²) in [6, 6.07) is 8.03. The molecule has 1 aliphatic rings. The van der Waals surface area contributed by atoms with E-state index in [0.29, 0.717) is 5.84 Å². The number of rotatable bonds is 6. The molecule has 1 aromatic rings. The van der Waals surface area contributed by atoms with Crippen molar-refractivity contribution in [3.8, 4) is 0 Å². The number of hydrogen-bond donors (Lipinski definition) is 0. The molecule has 0 radical (unpaired) electrons. The summed E-state index contributed by atoms with van der Waals surface area (Å²) in [5.74, 6) is -1.89. The molecule has 0 aliphatic carbocycles. The number of aliphatic imine (C=N–C) groups is 2. The SMILES string of the molecule is COC(=O)C1C(=O)N(Cc2ccccc2)C(C(N=C([O-])OC(C)(C)C)C(C)C)=NC1C. The molecule has 0 saturated heterocycles. The molecule has 0 bridgehead atoms. The van der Waals surface area contributed by atoms with E-state index in [-0.39, 0.29) is 12.5 Å². The molecule has 0 spiro atoms. The number of benzene rings is 1. The Kier molecular flexibility index (Phi) is 7.81. The molecule has 1 amide bonds. The third-order valence-corrected chi connectivity index (χ3v) is 4.80. The number of carbonyl (C=O) groups excluding carboxylic acids is 2. The van der Waals surface area contributed by atoms with Crippen molar-refractivity contribution in [1.82, 2.24) is 4.90 Å². The summed E-state index contributed by atoms with van der Waals surface area (Å²) in [5.41, 5.74) is 0.167. The van der Waals surface area contributed by atoms with Crippen molar-refractivity contribution >= 4 is 23.8 Å². The van der Waals surface area contributed by atoms with Crippen LogP contribution in [-0.4, -0.2) is 53.5 Å². The van der Waals surface area contributed by atoms with Crippen LogP contribution in [-0.2, 0) is 25.6 Å². The Balaban J connectivity index is 2.52. The summed E-state index contributed by atoms with van der Waals surface area (Å²) in [6.45, 7) is 11.0. The van der Waals surface area contributed by atoms with E-state index in [1.54, 1.807) is 27.7 Å². The monoisotopic (exact) mass is 430 g/mol. The van der Waals surface area contributed by atoms with Crippen molar-refractivity contribution in [3.05, 3.63) is 35.9 Å². The van der Waals surface area contributed by atoms with Crippen molar-refractivity contribution in [2.45, 2.75) is 65.8 Å². The molecular formula is C23H32N3O5-. The van der Waals surface area contributed by atoms with Crippen LogP contribution >= 0.6 is 0 Å². The third-order valence-electron chi connectivity index (χ3n) is 4.80. The first kappa shape index (κ1) is 24.4. The highest BCUT2D eigenvalue weighted by Gasteiger charge is 2.44. The van der Waals surface area contributed by atoms with Gasteiger partial charge in [0.25, 0.3) is 0 Å². The van der Waals surface area contributed by atoms with E-state index in [4.69, 9.17) is 9.47 Å². The van der Waals surface area contributed by atoms with Gasteiger partial charge in [0.2, 0.25) is 5.91 Å². The standard InChI is InChI=1S/C23H33N3O5/c1-14(2)18(25-22(29)31-23(4,5)6)19-24-15(3)17(21(28)30-7)20(27)26(19)13-16-11-9-8-10-12-16/h8-12,14-15,17-18H,13H2,1-7H3,(H,25,29)/p-1. The van der Waals surface area contributed by atoms with Gasteiger partial charge in [-0.05, 0) is 18.4 Å². The highest BCUT2D eigenvalue weighted by atomic mass is 16.6. The smallest absolute Gasteiger partial charge is 0.320 e. The molecule has 170 valence electrons. The third kappa shape index (κ3) is 6.29. The zero-order valence-corrected chi connectivity index (χ0v) is 19.3. The number of amides is 1. The van der Waals surface area contributed by atoms with Gasteiger partial charge in [0.05, 0.1) is 19.7 Å². The summed E-state index contributed by atoms with van der Waals surface area (Å²) in [7, 11) is 1.25. The van der Waals surface area contributed by atoms with Crippen LogP contribution in [0.4, 0.5) is 0 Å². The Morgan fingerprint density at radius 2 is 1.87 bits per heavy atom. The highest BCUT2D eigenvalue weighted by Crippen LogP contribution is 2.26. The minimum absolute atomic E-state index is 0.140. The van der Waals surface area contributed by atoms with Gasteiger partial charge in [-0.15, -0.1) is 0 Å². The second kappa shape index (κ2) is 9.94. The van der Waals surface area contributed by atoms with Gasteiger partial charge >= 0.3 is 5.97 Å². The van der Waals surface area contributed by atoms with Crippen LogP contribution in [0.5, 0.6) is 0 Å². The summed E-state index contributed by atoms with van der Waals surface area (Å²) in [6.07, 6.45) is -0.719. The number of methoxy groups -OCH3 is 1. The topological polar surface area (TPSA) is 104 Å². The van der Waals surface area contributed by atoms with Gasteiger partial charge in [-0.1, -0.05) is 65.0 Å². The molecule has 0 N–H and O–H groups in total. The fraction of sp³-hybridized carbons (Fsp3) is 0.565. The lowest BCUT2D eigenvalue weighted by Gasteiger charge is -2.38. The van der Waals surface area contributed by atoms with Crippen LogP contribution < -0.4 is 5.11 Å². The summed E-state index contributed by atoms with van der Waals surface area (Å²) in [4.78, 5) is 36.0. The summed E-state index contributed by atoms with van der Waals surface area (Å²) in [5, 5.41) is 12.4. The van der Waals surface area contributed by atoms with Gasteiger partial charge in [-0.25, -0.2) is 0 Å². The first-order valence-corrected chi connectivity index (χ1v) is 10.4. The molecule has 3 atom stereocenters. The molecule has 0 fully saturated rings. The number of carbonyl (C=O) groups is 2. The average molecular weight is 431 g/mol. The molecule has 1 aliphatic heterocycles. The van der Waals surface area contributed by atoms with Gasteiger partial charge in [0, 0.05) is 5.60 Å². The Morgan fingerprint density at radius 3 is 2.39 bits per heavy atom. The fourth-order valence-corrected chi connectivity index (χ4v) is 3.33. The van der Waals surface area contributed by atoms with E-state index >= 15 is 0 Å². The minimum atomic E-state index is -1.05. The van der Waals surface area contributed by atoms with Crippen LogP contribution in [0.1, 0.15) is 47.1 Å². The van der Waals surface area contributed by atoms with Gasteiger partial charge < -0.3 is 14.6 Å². The van der Waals surface area contributed by atoms with Gasteiger partial charge in [0.15, 0.2) is 5.92 Å². The molecule has 2 rings (SSSR count). The molecule has 8 nitrogen and oxygen atoms in total. The van der Waals surface area contributed by atoms with E-state index in [1.165, 1.54) is 12.0 Å². The second-order valence-corrected chi connectivity index (χ2v) is 8.94. The molecule has 3 unspecified atom stereocenters. The average Bonchev–Trinajstić information content (AvgIpc) is 2.67. The van der Waals surface area contributed by atoms with Crippen molar-refractivity contribution in [1.29, 1.82) is 0 Å². The Bertz CT molecular complexity index is 843. The lowest BCUT2D eigenvalue weighted by molar-refractivity contribution is -0.260. The van der Waals surface area contributed by atoms with E-state index in [9.17, 15) is 14.7 Å². The molecule has 0 saturated carbocycles. The molecule has 31 heavy (non-hydrogen) atoms. The summed E-state index contributed by atoms with van der Waals surface area (Å²) >= 11 is 0. The van der Waals surface area contributed by atoms with E-state index < -0.39 is 41.6 Å². The Labute approximate surface area is 184 Å². The highest BCUT2D eigenvalue weighted by molar-refractivity contribution is 6.10. The van der Waals surface area contributed by atoms with Crippen LogP contribution in [0.2, 0.25) is 0 Å². The van der Waals surface area contributed by atoms with Crippen molar-refractivity contribution in [2.75, 3.05) is 7.11 Å². The lowest BCUT2D eigenvalue weighted by Crippen LogP contribution is -2.55. The zero-order valence-electron chi connectivity index (χ0n) is 19.3. The first-order valence-electron chi connectivity index (χ1n) is 10.4. The zero-order chi connectivity index (χ0) is 23.3. The molecule has 8 heteroatoms. The van der Waals surface area contributed by atoms with Crippen molar-refractivity contribution in [3.63, 3.8) is 0 Å². The van der Waals surface area contributed by atoms with E-state index in [2.05, 4.69) is 9.98 Å². The molecule has 0 aromatic heterocycles. The van der Waals surface area contributed by atoms with E-state index in [0.717, 1.165) is 5.56 Å². The number of nitrogens with zero attached hydrogens (tertiary/aromatic N) is 3. The first-order chi connectivity index (χ1) is 14.4. The van der Waals surface area contributed by atoms with Crippen molar-refractivity contribution in [2.24, 2.45) is 21.8 Å². The maximum atomic E-state index is 13.4. The minimum Gasteiger partial charge on any atom is -0.595 e. The largest absolute Gasteiger partial charge is 0.595 e. The fourth-order valence-electron chi connectivity index (χ4n) is 3.33.